The Labute approximate surface area is 153 Å². The first-order chi connectivity index (χ1) is 12.6. The number of ether oxygens (including phenoxy) is 2. The first kappa shape index (κ1) is 17.9. The van der Waals surface area contributed by atoms with Crippen LogP contribution in [0.4, 0.5) is 0 Å². The van der Waals surface area contributed by atoms with Crippen molar-refractivity contribution in [3.63, 3.8) is 0 Å². The highest BCUT2D eigenvalue weighted by Crippen LogP contribution is 2.26. The first-order valence-corrected chi connectivity index (χ1v) is 8.59. The van der Waals surface area contributed by atoms with Crippen molar-refractivity contribution in [2.45, 2.75) is 19.9 Å². The molecular formula is C21H23NO4. The monoisotopic (exact) mass is 353 g/mol. The van der Waals surface area contributed by atoms with Crippen LogP contribution in [0.5, 0.6) is 11.5 Å². The lowest BCUT2D eigenvalue weighted by Gasteiger charge is -2.21. The third-order valence-electron chi connectivity index (χ3n) is 4.47. The molecule has 5 nitrogen and oxygen atoms in total. The highest BCUT2D eigenvalue weighted by molar-refractivity contribution is 5.88. The molecule has 2 aromatic carbocycles. The number of carbonyl (C=O) groups excluding carboxylic acids is 1. The van der Waals surface area contributed by atoms with Crippen molar-refractivity contribution in [1.29, 1.82) is 0 Å². The standard InChI is InChI=1S/C21H23NO4/c1-4-22(13-15-5-7-17(24-2)8-6-15)21(23)11-16-14-26-20-12-18(25-3)9-10-19(16)20/h5-10,12,14H,4,11,13H2,1-3H3. The summed E-state index contributed by atoms with van der Waals surface area (Å²) in [4.78, 5) is 14.6. The van der Waals surface area contributed by atoms with Gasteiger partial charge in [-0.1, -0.05) is 12.1 Å². The number of hydrogen-bond donors (Lipinski definition) is 0. The van der Waals surface area contributed by atoms with Gasteiger partial charge in [0.2, 0.25) is 5.91 Å². The molecule has 136 valence electrons. The number of rotatable bonds is 7. The number of amides is 1. The number of furan rings is 1. The molecule has 0 bridgehead atoms. The lowest BCUT2D eigenvalue weighted by molar-refractivity contribution is -0.130. The van der Waals surface area contributed by atoms with Gasteiger partial charge in [0.25, 0.3) is 0 Å². The Morgan fingerprint density at radius 2 is 1.73 bits per heavy atom. The summed E-state index contributed by atoms with van der Waals surface area (Å²) in [7, 11) is 3.26. The summed E-state index contributed by atoms with van der Waals surface area (Å²) in [5.41, 5.74) is 2.69. The minimum absolute atomic E-state index is 0.0711. The number of nitrogens with zero attached hydrogens (tertiary/aromatic N) is 1. The lowest BCUT2D eigenvalue weighted by atomic mass is 10.1. The van der Waals surface area contributed by atoms with Crippen molar-refractivity contribution in [2.24, 2.45) is 0 Å². The van der Waals surface area contributed by atoms with Crippen LogP contribution in [-0.4, -0.2) is 31.6 Å². The number of carbonyl (C=O) groups is 1. The lowest BCUT2D eigenvalue weighted by Crippen LogP contribution is -2.31. The van der Waals surface area contributed by atoms with E-state index >= 15 is 0 Å². The van der Waals surface area contributed by atoms with Crippen molar-refractivity contribution >= 4 is 16.9 Å². The topological polar surface area (TPSA) is 51.9 Å². The van der Waals surface area contributed by atoms with Crippen molar-refractivity contribution < 1.29 is 18.7 Å². The molecule has 0 unspecified atom stereocenters. The van der Waals surface area contributed by atoms with Gasteiger partial charge in [0.05, 0.1) is 26.9 Å². The van der Waals surface area contributed by atoms with E-state index in [1.165, 1.54) is 0 Å². The van der Waals surface area contributed by atoms with E-state index in [1.54, 1.807) is 20.5 Å². The third-order valence-corrected chi connectivity index (χ3v) is 4.47. The van der Waals surface area contributed by atoms with Crippen LogP contribution in [0.25, 0.3) is 11.0 Å². The Bertz CT molecular complexity index is 883. The van der Waals surface area contributed by atoms with Gasteiger partial charge in [0.15, 0.2) is 0 Å². The molecule has 26 heavy (non-hydrogen) atoms. The summed E-state index contributed by atoms with van der Waals surface area (Å²) < 4.78 is 16.0. The molecule has 1 amide bonds. The summed E-state index contributed by atoms with van der Waals surface area (Å²) >= 11 is 0. The molecule has 0 spiro atoms. The van der Waals surface area contributed by atoms with Gasteiger partial charge in [-0.05, 0) is 36.8 Å². The number of benzene rings is 2. The Hall–Kier alpha value is -2.95. The third kappa shape index (κ3) is 3.82. The van der Waals surface area contributed by atoms with Gasteiger partial charge in [-0.15, -0.1) is 0 Å². The Kier molecular flexibility index (Phi) is 5.46. The SMILES string of the molecule is CCN(Cc1ccc(OC)cc1)C(=O)Cc1coc2cc(OC)ccc12. The van der Waals surface area contributed by atoms with E-state index in [4.69, 9.17) is 13.9 Å². The minimum Gasteiger partial charge on any atom is -0.497 e. The maximum atomic E-state index is 12.8. The average Bonchev–Trinajstić information content (AvgIpc) is 3.08. The molecule has 0 atom stereocenters. The molecule has 0 aliphatic heterocycles. The normalized spacial score (nSPS) is 10.7. The molecule has 3 aromatic rings. The van der Waals surface area contributed by atoms with E-state index in [-0.39, 0.29) is 5.91 Å². The first-order valence-electron chi connectivity index (χ1n) is 8.59. The molecule has 0 saturated carbocycles. The van der Waals surface area contributed by atoms with Crippen LogP contribution in [0.15, 0.2) is 53.1 Å². The summed E-state index contributed by atoms with van der Waals surface area (Å²) in [5, 5.41) is 0.944. The summed E-state index contributed by atoms with van der Waals surface area (Å²) in [6.07, 6.45) is 1.96. The second-order valence-corrected chi connectivity index (χ2v) is 6.06. The second kappa shape index (κ2) is 7.95. The summed E-state index contributed by atoms with van der Waals surface area (Å²) in [5.74, 6) is 1.62. The van der Waals surface area contributed by atoms with E-state index in [9.17, 15) is 4.79 Å². The van der Waals surface area contributed by atoms with Crippen LogP contribution in [-0.2, 0) is 17.8 Å². The van der Waals surface area contributed by atoms with E-state index in [1.807, 2.05) is 54.3 Å². The number of likely N-dealkylation sites (N-methyl/N-ethyl adjacent to an activating group) is 1. The van der Waals surface area contributed by atoms with Crippen molar-refractivity contribution in [3.8, 4) is 11.5 Å². The van der Waals surface area contributed by atoms with E-state index < -0.39 is 0 Å². The van der Waals surface area contributed by atoms with Crippen LogP contribution in [0.3, 0.4) is 0 Å². The van der Waals surface area contributed by atoms with Crippen molar-refractivity contribution in [3.05, 3.63) is 59.9 Å². The van der Waals surface area contributed by atoms with Crippen LogP contribution in [0, 0.1) is 0 Å². The Morgan fingerprint density at radius 3 is 2.38 bits per heavy atom. The molecule has 0 aliphatic rings. The van der Waals surface area contributed by atoms with Gasteiger partial charge >= 0.3 is 0 Å². The van der Waals surface area contributed by atoms with Crippen molar-refractivity contribution in [2.75, 3.05) is 20.8 Å². The quantitative estimate of drug-likeness (QED) is 0.643. The number of hydrogen-bond acceptors (Lipinski definition) is 4. The molecule has 0 N–H and O–H groups in total. The molecule has 0 saturated heterocycles. The number of methoxy groups -OCH3 is 2. The maximum absolute atomic E-state index is 12.8. The van der Waals surface area contributed by atoms with Crippen LogP contribution in [0.2, 0.25) is 0 Å². The molecule has 3 rings (SSSR count). The predicted octanol–water partition coefficient (Wildman–Crippen LogP) is 4.04. The van der Waals surface area contributed by atoms with Gasteiger partial charge in [-0.25, -0.2) is 0 Å². The van der Waals surface area contributed by atoms with Gasteiger partial charge in [0, 0.05) is 30.1 Å². The molecule has 5 heteroatoms. The molecule has 0 fully saturated rings. The Balaban J connectivity index is 1.72. The zero-order chi connectivity index (χ0) is 18.5. The summed E-state index contributed by atoms with van der Waals surface area (Å²) in [6, 6.07) is 13.4. The van der Waals surface area contributed by atoms with Gasteiger partial charge in [-0.3, -0.25) is 4.79 Å². The highest BCUT2D eigenvalue weighted by Gasteiger charge is 2.16. The fourth-order valence-electron chi connectivity index (χ4n) is 2.93. The zero-order valence-corrected chi connectivity index (χ0v) is 15.3. The molecular weight excluding hydrogens is 330 g/mol. The van der Waals surface area contributed by atoms with E-state index in [2.05, 4.69) is 0 Å². The maximum Gasteiger partial charge on any atom is 0.227 e. The smallest absolute Gasteiger partial charge is 0.227 e. The zero-order valence-electron chi connectivity index (χ0n) is 15.3. The average molecular weight is 353 g/mol. The predicted molar refractivity (Wildman–Crippen MR) is 101 cm³/mol. The van der Waals surface area contributed by atoms with E-state index in [0.29, 0.717) is 19.5 Å². The molecule has 1 heterocycles. The van der Waals surface area contributed by atoms with Gasteiger partial charge in [0.1, 0.15) is 17.1 Å². The minimum atomic E-state index is 0.0711. The van der Waals surface area contributed by atoms with Gasteiger partial charge in [-0.2, -0.15) is 0 Å². The largest absolute Gasteiger partial charge is 0.497 e. The fourth-order valence-corrected chi connectivity index (χ4v) is 2.93. The van der Waals surface area contributed by atoms with Crippen LogP contribution < -0.4 is 9.47 Å². The van der Waals surface area contributed by atoms with Crippen molar-refractivity contribution in [1.82, 2.24) is 4.90 Å². The number of fused-ring (bicyclic) bond motifs is 1. The van der Waals surface area contributed by atoms with E-state index in [0.717, 1.165) is 33.6 Å². The van der Waals surface area contributed by atoms with Gasteiger partial charge < -0.3 is 18.8 Å². The highest BCUT2D eigenvalue weighted by atomic mass is 16.5. The van der Waals surface area contributed by atoms with Crippen LogP contribution in [0.1, 0.15) is 18.1 Å². The van der Waals surface area contributed by atoms with Crippen LogP contribution >= 0.6 is 0 Å². The fraction of sp³-hybridized carbons (Fsp3) is 0.286. The summed E-state index contributed by atoms with van der Waals surface area (Å²) in [6.45, 7) is 3.21. The second-order valence-electron chi connectivity index (χ2n) is 6.06. The molecule has 0 radical (unpaired) electrons. The molecule has 1 aromatic heterocycles. The Morgan fingerprint density at radius 1 is 1.04 bits per heavy atom. The molecule has 0 aliphatic carbocycles.